The molecule has 4 rings (SSSR count). The lowest BCUT2D eigenvalue weighted by Crippen LogP contribution is -2.64. The first-order chi connectivity index (χ1) is 18.3. The number of hydrogen-bond donors (Lipinski definition) is 0. The van der Waals surface area contributed by atoms with Crippen molar-refractivity contribution in [3.63, 3.8) is 0 Å². The predicted octanol–water partition coefficient (Wildman–Crippen LogP) is 5.49. The summed E-state index contributed by atoms with van der Waals surface area (Å²) in [6.07, 6.45) is 3.96. The molecular weight excluding hydrogens is 557 g/mol. The molecule has 2 aliphatic heterocycles. The van der Waals surface area contributed by atoms with Crippen LogP contribution in [0.25, 0.3) is 0 Å². The van der Waals surface area contributed by atoms with Crippen molar-refractivity contribution in [1.82, 2.24) is 14.1 Å². The molecule has 214 valence electrons. The summed E-state index contributed by atoms with van der Waals surface area (Å²) in [6, 6.07) is 15.4. The van der Waals surface area contributed by atoms with Crippen molar-refractivity contribution in [2.45, 2.75) is 70.2 Å². The molecule has 2 aliphatic rings. The zero-order valence-electron chi connectivity index (χ0n) is 23.1. The summed E-state index contributed by atoms with van der Waals surface area (Å²) in [5.41, 5.74) is 1.63. The van der Waals surface area contributed by atoms with Crippen molar-refractivity contribution in [3.05, 3.63) is 69.7 Å². The standard InChI is InChI=1S/C29H39Cl2N3O4S/c1-29(2,3)38-28(35)32-15-13-25(14-16-32)33-19-27(18-22-7-11-24(31)12-8-22)34(39(4,36)37)20-26(33)17-21-5-9-23(30)10-6-21/h5-12,25-27H,13-20H2,1-4H3/t26?,27-/m0/s1. The van der Waals surface area contributed by atoms with Crippen LogP contribution in [0.15, 0.2) is 48.5 Å². The van der Waals surface area contributed by atoms with Gasteiger partial charge in [0.1, 0.15) is 5.60 Å². The summed E-state index contributed by atoms with van der Waals surface area (Å²) < 4.78 is 33.3. The summed E-state index contributed by atoms with van der Waals surface area (Å²) in [7, 11) is -3.44. The number of likely N-dealkylation sites (tertiary alicyclic amines) is 1. The predicted molar refractivity (Wildman–Crippen MR) is 157 cm³/mol. The first kappa shape index (κ1) is 30.1. The lowest BCUT2D eigenvalue weighted by Gasteiger charge is -2.50. The van der Waals surface area contributed by atoms with Crippen LogP contribution >= 0.6 is 23.2 Å². The van der Waals surface area contributed by atoms with Crippen LogP contribution in [0.4, 0.5) is 4.79 Å². The van der Waals surface area contributed by atoms with Crippen LogP contribution in [0.2, 0.25) is 10.0 Å². The molecule has 2 heterocycles. The average molecular weight is 597 g/mol. The maximum absolute atomic E-state index is 13.0. The van der Waals surface area contributed by atoms with Gasteiger partial charge in [-0.3, -0.25) is 4.90 Å². The highest BCUT2D eigenvalue weighted by Crippen LogP contribution is 2.30. The van der Waals surface area contributed by atoms with E-state index in [2.05, 4.69) is 4.90 Å². The summed E-state index contributed by atoms with van der Waals surface area (Å²) in [5.74, 6) is 0. The molecule has 0 bridgehead atoms. The molecule has 39 heavy (non-hydrogen) atoms. The van der Waals surface area contributed by atoms with Gasteiger partial charge in [0, 0.05) is 54.3 Å². The zero-order valence-corrected chi connectivity index (χ0v) is 25.5. The summed E-state index contributed by atoms with van der Waals surface area (Å²) >= 11 is 12.2. The lowest BCUT2D eigenvalue weighted by atomic mass is 9.93. The van der Waals surface area contributed by atoms with Crippen molar-refractivity contribution in [2.24, 2.45) is 0 Å². The molecule has 7 nitrogen and oxygen atoms in total. The fourth-order valence-corrected chi connectivity index (χ4v) is 7.02. The van der Waals surface area contributed by atoms with Gasteiger partial charge in [-0.05, 0) is 81.8 Å². The molecule has 2 fully saturated rings. The maximum atomic E-state index is 13.0. The largest absolute Gasteiger partial charge is 0.444 e. The van der Waals surface area contributed by atoms with Crippen molar-refractivity contribution < 1.29 is 17.9 Å². The number of ether oxygens (including phenoxy) is 1. The normalized spacial score (nSPS) is 22.2. The number of benzene rings is 2. The van der Waals surface area contributed by atoms with Crippen LogP contribution < -0.4 is 0 Å². The van der Waals surface area contributed by atoms with Gasteiger partial charge in [-0.15, -0.1) is 0 Å². The van der Waals surface area contributed by atoms with Crippen LogP contribution in [-0.4, -0.2) is 84.8 Å². The highest BCUT2D eigenvalue weighted by molar-refractivity contribution is 7.88. The van der Waals surface area contributed by atoms with Crippen molar-refractivity contribution in [2.75, 3.05) is 32.4 Å². The Kier molecular flexibility index (Phi) is 9.54. The van der Waals surface area contributed by atoms with Crippen molar-refractivity contribution in [3.8, 4) is 0 Å². The molecule has 10 heteroatoms. The Bertz CT molecular complexity index is 1220. The molecule has 0 N–H and O–H groups in total. The Hall–Kier alpha value is -1.84. The van der Waals surface area contributed by atoms with E-state index in [1.165, 1.54) is 6.26 Å². The number of amides is 1. The van der Waals surface area contributed by atoms with E-state index in [1.54, 1.807) is 9.21 Å². The number of hydrogen-bond acceptors (Lipinski definition) is 5. The number of nitrogens with zero attached hydrogens (tertiary/aromatic N) is 3. The van der Waals surface area contributed by atoms with E-state index in [4.69, 9.17) is 27.9 Å². The Labute approximate surface area is 243 Å². The van der Waals surface area contributed by atoms with Gasteiger partial charge in [0.05, 0.1) is 6.26 Å². The fraction of sp³-hybridized carbons (Fsp3) is 0.552. The highest BCUT2D eigenvalue weighted by atomic mass is 35.5. The summed E-state index contributed by atoms with van der Waals surface area (Å²) in [5, 5.41) is 1.33. The van der Waals surface area contributed by atoms with E-state index < -0.39 is 15.6 Å². The van der Waals surface area contributed by atoms with E-state index in [1.807, 2.05) is 69.3 Å². The second-order valence-electron chi connectivity index (χ2n) is 11.7. The molecule has 2 saturated heterocycles. The maximum Gasteiger partial charge on any atom is 0.410 e. The Morgan fingerprint density at radius 1 is 0.872 bits per heavy atom. The smallest absolute Gasteiger partial charge is 0.410 e. The van der Waals surface area contributed by atoms with Crippen LogP contribution in [0.5, 0.6) is 0 Å². The summed E-state index contributed by atoms with van der Waals surface area (Å²) in [6.45, 7) is 7.88. The SMILES string of the molecule is CC(C)(C)OC(=O)N1CCC(N2C[C@H](Cc3ccc(Cl)cc3)N(S(C)(=O)=O)CC2Cc2ccc(Cl)cc2)CC1. The summed E-state index contributed by atoms with van der Waals surface area (Å²) in [4.78, 5) is 16.9. The molecule has 1 unspecified atom stereocenters. The van der Waals surface area contributed by atoms with Crippen LogP contribution in [0.1, 0.15) is 44.7 Å². The van der Waals surface area contributed by atoms with Crippen molar-refractivity contribution >= 4 is 39.3 Å². The third-order valence-electron chi connectivity index (χ3n) is 7.47. The molecule has 0 aliphatic carbocycles. The number of carbonyl (C=O) groups excluding carboxylic acids is 1. The molecule has 1 amide bonds. The topological polar surface area (TPSA) is 70.2 Å². The number of halogens is 2. The van der Waals surface area contributed by atoms with Crippen LogP contribution in [0.3, 0.4) is 0 Å². The van der Waals surface area contributed by atoms with Gasteiger partial charge in [-0.1, -0.05) is 47.5 Å². The highest BCUT2D eigenvalue weighted by Gasteiger charge is 2.42. The molecule has 0 spiro atoms. The molecule has 0 aromatic heterocycles. The van der Waals surface area contributed by atoms with Crippen LogP contribution in [-0.2, 0) is 27.6 Å². The third kappa shape index (κ3) is 8.33. The second kappa shape index (κ2) is 12.4. The van der Waals surface area contributed by atoms with E-state index in [-0.39, 0.29) is 24.2 Å². The number of carbonyl (C=O) groups is 1. The van der Waals surface area contributed by atoms with Gasteiger partial charge in [0.2, 0.25) is 10.0 Å². The van der Waals surface area contributed by atoms with Gasteiger partial charge in [-0.2, -0.15) is 4.31 Å². The molecule has 2 aromatic carbocycles. The molecule has 2 aromatic rings. The first-order valence-corrected chi connectivity index (χ1v) is 16.1. The molecule has 0 radical (unpaired) electrons. The Balaban J connectivity index is 1.56. The molecule has 0 saturated carbocycles. The van der Waals surface area contributed by atoms with Crippen molar-refractivity contribution in [1.29, 1.82) is 0 Å². The molecular formula is C29H39Cl2N3O4S. The Morgan fingerprint density at radius 3 is 1.82 bits per heavy atom. The zero-order chi connectivity index (χ0) is 28.4. The van der Waals surface area contributed by atoms with E-state index >= 15 is 0 Å². The van der Waals surface area contributed by atoms with E-state index in [0.29, 0.717) is 49.1 Å². The van der Waals surface area contributed by atoms with E-state index in [9.17, 15) is 13.2 Å². The minimum absolute atomic E-state index is 0.000412. The minimum atomic E-state index is -3.44. The third-order valence-corrected chi connectivity index (χ3v) is 9.27. The number of rotatable bonds is 6. The minimum Gasteiger partial charge on any atom is -0.444 e. The fourth-order valence-electron chi connectivity index (χ4n) is 5.64. The average Bonchev–Trinajstić information content (AvgIpc) is 2.86. The van der Waals surface area contributed by atoms with Gasteiger partial charge in [0.25, 0.3) is 0 Å². The lowest BCUT2D eigenvalue weighted by molar-refractivity contribution is -0.00396. The van der Waals surface area contributed by atoms with Gasteiger partial charge >= 0.3 is 6.09 Å². The number of piperazine rings is 1. The second-order valence-corrected chi connectivity index (χ2v) is 14.5. The Morgan fingerprint density at radius 2 is 1.36 bits per heavy atom. The van der Waals surface area contributed by atoms with E-state index in [0.717, 1.165) is 24.0 Å². The van der Waals surface area contributed by atoms with Gasteiger partial charge in [-0.25, -0.2) is 13.2 Å². The van der Waals surface area contributed by atoms with Crippen LogP contribution in [0, 0.1) is 0 Å². The monoisotopic (exact) mass is 595 g/mol. The molecule has 2 atom stereocenters. The van der Waals surface area contributed by atoms with Gasteiger partial charge in [0.15, 0.2) is 0 Å². The van der Waals surface area contributed by atoms with Gasteiger partial charge < -0.3 is 9.64 Å². The first-order valence-electron chi connectivity index (χ1n) is 13.5. The quantitative estimate of drug-likeness (QED) is 0.441. The number of sulfonamides is 1. The number of piperidine rings is 1.